The lowest BCUT2D eigenvalue weighted by molar-refractivity contribution is -0.118. The SMILES string of the molecule is COc1ccc2ncc(F)c(CCN3CC[C@H](CNCc4nc5c(cc4Cl)OCC(=O)N5)C3)c2n1. The highest BCUT2D eigenvalue weighted by Crippen LogP contribution is 2.30. The second kappa shape index (κ2) is 10.3. The first kappa shape index (κ1) is 23.7. The van der Waals surface area contributed by atoms with Crippen LogP contribution in [-0.2, 0) is 17.8 Å². The highest BCUT2D eigenvalue weighted by molar-refractivity contribution is 6.31. The predicted molar refractivity (Wildman–Crippen MR) is 129 cm³/mol. The number of methoxy groups -OCH3 is 1. The third-order valence-corrected chi connectivity index (χ3v) is 6.68. The lowest BCUT2D eigenvalue weighted by atomic mass is 10.1. The summed E-state index contributed by atoms with van der Waals surface area (Å²) < 4.78 is 25.1. The van der Waals surface area contributed by atoms with Crippen LogP contribution in [0.2, 0.25) is 5.02 Å². The van der Waals surface area contributed by atoms with Crippen LogP contribution in [0.15, 0.2) is 24.4 Å². The number of hydrogen-bond donors (Lipinski definition) is 2. The molecule has 0 bridgehead atoms. The number of nitrogens with one attached hydrogen (secondary N) is 2. The van der Waals surface area contributed by atoms with Crippen LogP contribution in [-0.4, -0.2) is 65.7 Å². The first-order chi connectivity index (χ1) is 17.0. The summed E-state index contributed by atoms with van der Waals surface area (Å²) in [6.45, 7) is 3.87. The van der Waals surface area contributed by atoms with Crippen LogP contribution in [0.1, 0.15) is 17.7 Å². The lowest BCUT2D eigenvalue weighted by Crippen LogP contribution is -2.29. The fourth-order valence-electron chi connectivity index (χ4n) is 4.52. The maximum Gasteiger partial charge on any atom is 0.263 e. The van der Waals surface area contributed by atoms with Gasteiger partial charge in [-0.2, -0.15) is 0 Å². The Labute approximate surface area is 207 Å². The number of rotatable bonds is 8. The number of anilines is 1. The second-order valence-electron chi connectivity index (χ2n) is 8.74. The molecule has 2 aliphatic heterocycles. The van der Waals surface area contributed by atoms with Crippen molar-refractivity contribution in [3.8, 4) is 11.6 Å². The van der Waals surface area contributed by atoms with E-state index in [4.69, 9.17) is 21.1 Å². The molecular weight excluding hydrogens is 475 g/mol. The molecule has 2 aliphatic rings. The molecule has 35 heavy (non-hydrogen) atoms. The molecule has 9 nitrogen and oxygen atoms in total. The lowest BCUT2D eigenvalue weighted by Gasteiger charge is -2.19. The van der Waals surface area contributed by atoms with Gasteiger partial charge < -0.3 is 25.0 Å². The molecule has 0 unspecified atom stereocenters. The molecule has 3 aromatic heterocycles. The summed E-state index contributed by atoms with van der Waals surface area (Å²) in [7, 11) is 1.54. The molecular formula is C24H26ClFN6O3. The van der Waals surface area contributed by atoms with Crippen molar-refractivity contribution < 1.29 is 18.7 Å². The Bertz CT molecular complexity index is 1260. The van der Waals surface area contributed by atoms with Gasteiger partial charge in [0.1, 0.15) is 5.82 Å². The zero-order chi connectivity index (χ0) is 24.4. The van der Waals surface area contributed by atoms with Crippen LogP contribution >= 0.6 is 11.6 Å². The number of fused-ring (bicyclic) bond motifs is 2. The third kappa shape index (κ3) is 5.29. The average molecular weight is 501 g/mol. The molecule has 1 fully saturated rings. The second-order valence-corrected chi connectivity index (χ2v) is 9.15. The fourth-order valence-corrected chi connectivity index (χ4v) is 4.73. The number of halogens is 2. The van der Waals surface area contributed by atoms with Gasteiger partial charge in [0, 0.05) is 37.3 Å². The van der Waals surface area contributed by atoms with E-state index in [0.717, 1.165) is 32.6 Å². The zero-order valence-corrected chi connectivity index (χ0v) is 20.1. The van der Waals surface area contributed by atoms with E-state index in [-0.39, 0.29) is 18.3 Å². The average Bonchev–Trinajstić information content (AvgIpc) is 3.31. The van der Waals surface area contributed by atoms with E-state index < -0.39 is 0 Å². The van der Waals surface area contributed by atoms with E-state index in [9.17, 15) is 9.18 Å². The van der Waals surface area contributed by atoms with Crippen molar-refractivity contribution in [3.05, 3.63) is 46.5 Å². The first-order valence-corrected chi connectivity index (χ1v) is 11.9. The van der Waals surface area contributed by atoms with Gasteiger partial charge in [0.25, 0.3) is 5.91 Å². The Morgan fingerprint density at radius 1 is 1.37 bits per heavy atom. The number of pyridine rings is 3. The van der Waals surface area contributed by atoms with E-state index in [2.05, 4.69) is 30.5 Å². The number of ether oxygens (including phenoxy) is 2. The quantitative estimate of drug-likeness (QED) is 0.487. The van der Waals surface area contributed by atoms with Gasteiger partial charge in [-0.05, 0) is 37.9 Å². The van der Waals surface area contributed by atoms with E-state index >= 15 is 0 Å². The summed E-state index contributed by atoms with van der Waals surface area (Å²) in [5.41, 5.74) is 2.44. The van der Waals surface area contributed by atoms with Crippen molar-refractivity contribution >= 4 is 34.4 Å². The largest absolute Gasteiger partial charge is 0.481 e. The zero-order valence-electron chi connectivity index (χ0n) is 19.3. The molecule has 1 amide bonds. The van der Waals surface area contributed by atoms with Crippen molar-refractivity contribution in [2.24, 2.45) is 5.92 Å². The molecule has 0 saturated carbocycles. The molecule has 1 atom stereocenters. The van der Waals surface area contributed by atoms with Crippen LogP contribution in [0.3, 0.4) is 0 Å². The van der Waals surface area contributed by atoms with Gasteiger partial charge in [0.15, 0.2) is 18.2 Å². The minimum absolute atomic E-state index is 0.0322. The first-order valence-electron chi connectivity index (χ1n) is 11.5. The van der Waals surface area contributed by atoms with E-state index in [1.807, 2.05) is 0 Å². The standard InChI is InChI=1S/C24H26ClFN6O3/c1-34-22-3-2-18-23(31-22)15(17(26)10-28-18)5-7-32-6-4-14(12-32)9-27-11-19-16(25)8-20-24(29-19)30-21(33)13-35-20/h2-3,8,10,14,27H,4-7,9,11-13H2,1H3,(H,29,30,33)/t14-/m1/s1. The summed E-state index contributed by atoms with van der Waals surface area (Å²) in [4.78, 5) is 26.9. The number of aromatic nitrogens is 3. The summed E-state index contributed by atoms with van der Waals surface area (Å²) in [5, 5.41) is 6.62. The molecule has 0 aliphatic carbocycles. The molecule has 184 valence electrons. The van der Waals surface area contributed by atoms with Crippen LogP contribution < -0.4 is 20.1 Å². The minimum Gasteiger partial charge on any atom is -0.481 e. The molecule has 3 aromatic rings. The van der Waals surface area contributed by atoms with E-state index in [0.29, 0.717) is 63.6 Å². The molecule has 0 aromatic carbocycles. The van der Waals surface area contributed by atoms with Gasteiger partial charge in [-0.3, -0.25) is 9.78 Å². The van der Waals surface area contributed by atoms with Crippen molar-refractivity contribution in [1.29, 1.82) is 0 Å². The smallest absolute Gasteiger partial charge is 0.263 e. The minimum atomic E-state index is -0.341. The summed E-state index contributed by atoms with van der Waals surface area (Å²) in [6, 6.07) is 5.21. The predicted octanol–water partition coefficient (Wildman–Crippen LogP) is 2.81. The summed E-state index contributed by atoms with van der Waals surface area (Å²) in [6.07, 6.45) is 2.86. The number of likely N-dealkylation sites (tertiary alicyclic amines) is 1. The van der Waals surface area contributed by atoms with Crippen LogP contribution in [0.5, 0.6) is 11.6 Å². The highest BCUT2D eigenvalue weighted by Gasteiger charge is 2.24. The van der Waals surface area contributed by atoms with Crippen LogP contribution in [0.4, 0.5) is 10.2 Å². The van der Waals surface area contributed by atoms with Gasteiger partial charge in [-0.1, -0.05) is 11.6 Å². The van der Waals surface area contributed by atoms with Crippen molar-refractivity contribution in [1.82, 2.24) is 25.2 Å². The maximum absolute atomic E-state index is 14.6. The number of carbonyl (C=O) groups is 1. The van der Waals surface area contributed by atoms with Crippen molar-refractivity contribution in [3.63, 3.8) is 0 Å². The molecule has 5 rings (SSSR count). The van der Waals surface area contributed by atoms with Crippen molar-refractivity contribution in [2.75, 3.05) is 45.2 Å². The Morgan fingerprint density at radius 2 is 2.26 bits per heavy atom. The van der Waals surface area contributed by atoms with Crippen LogP contribution in [0, 0.1) is 11.7 Å². The van der Waals surface area contributed by atoms with Gasteiger partial charge in [-0.25, -0.2) is 14.4 Å². The van der Waals surface area contributed by atoms with Crippen molar-refractivity contribution in [2.45, 2.75) is 19.4 Å². The Kier molecular flexibility index (Phi) is 6.94. The number of hydrogen-bond acceptors (Lipinski definition) is 8. The summed E-state index contributed by atoms with van der Waals surface area (Å²) in [5.74, 6) is 1.22. The number of carbonyl (C=O) groups excluding carboxylic acids is 1. The monoisotopic (exact) mass is 500 g/mol. The van der Waals surface area contributed by atoms with Gasteiger partial charge >= 0.3 is 0 Å². The molecule has 0 spiro atoms. The number of nitrogens with zero attached hydrogens (tertiary/aromatic N) is 4. The number of amides is 1. The maximum atomic E-state index is 14.6. The van der Waals surface area contributed by atoms with E-state index in [1.165, 1.54) is 6.20 Å². The van der Waals surface area contributed by atoms with Gasteiger partial charge in [0.05, 0.1) is 35.1 Å². The van der Waals surface area contributed by atoms with Gasteiger partial charge in [-0.15, -0.1) is 0 Å². The molecule has 1 saturated heterocycles. The van der Waals surface area contributed by atoms with Gasteiger partial charge in [0.2, 0.25) is 5.88 Å². The van der Waals surface area contributed by atoms with E-state index in [1.54, 1.807) is 25.3 Å². The topological polar surface area (TPSA) is 102 Å². The normalized spacial score (nSPS) is 17.8. The molecule has 2 N–H and O–H groups in total. The molecule has 0 radical (unpaired) electrons. The Balaban J connectivity index is 1.14. The third-order valence-electron chi connectivity index (χ3n) is 6.35. The Morgan fingerprint density at radius 3 is 3.11 bits per heavy atom. The fraction of sp³-hybridized carbons (Fsp3) is 0.417. The molecule has 5 heterocycles. The summed E-state index contributed by atoms with van der Waals surface area (Å²) >= 11 is 6.34. The molecule has 11 heteroatoms. The highest BCUT2D eigenvalue weighted by atomic mass is 35.5. The Hall–Kier alpha value is -3.08. The van der Waals surface area contributed by atoms with Crippen LogP contribution in [0.25, 0.3) is 11.0 Å².